The molecule has 17 heavy (non-hydrogen) atoms. The molecule has 1 aliphatic heterocycles. The van der Waals surface area contributed by atoms with Crippen molar-refractivity contribution in [2.75, 3.05) is 13.1 Å². The number of amides is 1. The summed E-state index contributed by atoms with van der Waals surface area (Å²) in [6, 6.07) is 0.621. The van der Waals surface area contributed by atoms with Crippen LogP contribution in [0, 0.1) is 0 Å². The third-order valence-electron chi connectivity index (χ3n) is 4.25. The summed E-state index contributed by atoms with van der Waals surface area (Å²) >= 11 is 0. The van der Waals surface area contributed by atoms with Crippen molar-refractivity contribution in [3.05, 3.63) is 0 Å². The SMILES string of the molecule is CCN(C(=O)C1CCCCCN1)C1CCCC1. The lowest BCUT2D eigenvalue weighted by molar-refractivity contribution is -0.135. The van der Waals surface area contributed by atoms with Gasteiger partial charge in [0.1, 0.15) is 0 Å². The highest BCUT2D eigenvalue weighted by Gasteiger charge is 2.30. The Morgan fingerprint density at radius 1 is 1.12 bits per heavy atom. The first-order valence-electron chi connectivity index (χ1n) is 7.36. The fourth-order valence-electron chi connectivity index (χ4n) is 3.25. The topological polar surface area (TPSA) is 32.3 Å². The number of hydrogen-bond donors (Lipinski definition) is 1. The summed E-state index contributed by atoms with van der Waals surface area (Å²) in [6.07, 6.45) is 9.75. The lowest BCUT2D eigenvalue weighted by Gasteiger charge is -2.31. The third-order valence-corrected chi connectivity index (χ3v) is 4.25. The Bertz CT molecular complexity index is 241. The molecule has 1 saturated carbocycles. The summed E-state index contributed by atoms with van der Waals surface area (Å²) in [5.74, 6) is 0.362. The minimum Gasteiger partial charge on any atom is -0.339 e. The molecule has 0 bridgehead atoms. The first-order chi connectivity index (χ1) is 8.33. The van der Waals surface area contributed by atoms with Crippen LogP contribution in [0.5, 0.6) is 0 Å². The number of hydrogen-bond acceptors (Lipinski definition) is 2. The summed E-state index contributed by atoms with van der Waals surface area (Å²) < 4.78 is 0. The zero-order chi connectivity index (χ0) is 12.1. The zero-order valence-corrected chi connectivity index (χ0v) is 11.1. The number of nitrogens with one attached hydrogen (secondary N) is 1. The Kier molecular flexibility index (Phi) is 4.84. The highest BCUT2D eigenvalue weighted by molar-refractivity contribution is 5.82. The van der Waals surface area contributed by atoms with E-state index in [0.717, 1.165) is 19.5 Å². The summed E-state index contributed by atoms with van der Waals surface area (Å²) in [4.78, 5) is 14.7. The van der Waals surface area contributed by atoms with Gasteiger partial charge in [0.05, 0.1) is 6.04 Å². The summed E-state index contributed by atoms with van der Waals surface area (Å²) in [5.41, 5.74) is 0. The van der Waals surface area contributed by atoms with E-state index in [-0.39, 0.29) is 6.04 Å². The first-order valence-corrected chi connectivity index (χ1v) is 7.36. The van der Waals surface area contributed by atoms with Crippen molar-refractivity contribution in [1.82, 2.24) is 10.2 Å². The molecule has 1 heterocycles. The molecule has 2 aliphatic rings. The smallest absolute Gasteiger partial charge is 0.239 e. The van der Waals surface area contributed by atoms with Gasteiger partial charge in [0.2, 0.25) is 5.91 Å². The molecule has 2 fully saturated rings. The average molecular weight is 238 g/mol. The number of carbonyl (C=O) groups is 1. The van der Waals surface area contributed by atoms with E-state index >= 15 is 0 Å². The molecule has 0 spiro atoms. The molecule has 1 atom stereocenters. The molecule has 2 rings (SSSR count). The molecule has 0 radical (unpaired) electrons. The van der Waals surface area contributed by atoms with Crippen LogP contribution in [0.15, 0.2) is 0 Å². The van der Waals surface area contributed by atoms with E-state index in [2.05, 4.69) is 17.1 Å². The molecule has 1 unspecified atom stereocenters. The Morgan fingerprint density at radius 3 is 2.53 bits per heavy atom. The molecule has 1 aliphatic carbocycles. The van der Waals surface area contributed by atoms with Gasteiger partial charge in [-0.2, -0.15) is 0 Å². The van der Waals surface area contributed by atoms with Gasteiger partial charge < -0.3 is 10.2 Å². The zero-order valence-electron chi connectivity index (χ0n) is 11.1. The molecule has 98 valence electrons. The normalized spacial score (nSPS) is 26.8. The van der Waals surface area contributed by atoms with E-state index in [9.17, 15) is 4.79 Å². The van der Waals surface area contributed by atoms with Crippen LogP contribution in [-0.4, -0.2) is 36.0 Å². The molecule has 0 aromatic heterocycles. The standard InChI is InChI=1S/C14H26N2O/c1-2-16(12-8-5-6-9-12)14(17)13-10-4-3-7-11-15-13/h12-13,15H,2-11H2,1H3. The van der Waals surface area contributed by atoms with Crippen LogP contribution in [0.25, 0.3) is 0 Å². The minimum absolute atomic E-state index is 0.0954. The van der Waals surface area contributed by atoms with Crippen LogP contribution in [0.3, 0.4) is 0 Å². The van der Waals surface area contributed by atoms with Gasteiger partial charge >= 0.3 is 0 Å². The highest BCUT2D eigenvalue weighted by atomic mass is 16.2. The van der Waals surface area contributed by atoms with Gasteiger partial charge in [-0.15, -0.1) is 0 Å². The second kappa shape index (κ2) is 6.39. The Labute approximate surface area is 105 Å². The van der Waals surface area contributed by atoms with E-state index in [1.165, 1.54) is 44.9 Å². The Hall–Kier alpha value is -0.570. The number of nitrogens with zero attached hydrogens (tertiary/aromatic N) is 1. The van der Waals surface area contributed by atoms with E-state index < -0.39 is 0 Å². The summed E-state index contributed by atoms with van der Waals surface area (Å²) in [6.45, 7) is 4.01. The maximum absolute atomic E-state index is 12.5. The minimum atomic E-state index is 0.0954. The van der Waals surface area contributed by atoms with Gasteiger partial charge in [-0.3, -0.25) is 4.79 Å². The van der Waals surface area contributed by atoms with Crippen LogP contribution < -0.4 is 5.32 Å². The van der Waals surface area contributed by atoms with Crippen molar-refractivity contribution in [2.45, 2.75) is 70.4 Å². The second-order valence-electron chi connectivity index (χ2n) is 5.42. The van der Waals surface area contributed by atoms with E-state index in [1.54, 1.807) is 0 Å². The van der Waals surface area contributed by atoms with Crippen LogP contribution in [0.1, 0.15) is 58.3 Å². The molecular formula is C14H26N2O. The fourth-order valence-corrected chi connectivity index (χ4v) is 3.25. The molecular weight excluding hydrogens is 212 g/mol. The Morgan fingerprint density at radius 2 is 1.82 bits per heavy atom. The fraction of sp³-hybridized carbons (Fsp3) is 0.929. The third kappa shape index (κ3) is 3.21. The average Bonchev–Trinajstić information content (AvgIpc) is 2.72. The molecule has 0 aromatic rings. The molecule has 0 aromatic carbocycles. The molecule has 3 nitrogen and oxygen atoms in total. The Balaban J connectivity index is 1.94. The molecule has 3 heteroatoms. The van der Waals surface area contributed by atoms with Gasteiger partial charge in [-0.1, -0.05) is 25.7 Å². The number of rotatable bonds is 3. The summed E-state index contributed by atoms with van der Waals surface area (Å²) in [5, 5.41) is 3.43. The van der Waals surface area contributed by atoms with Gasteiger partial charge in [-0.05, 0) is 39.2 Å². The van der Waals surface area contributed by atoms with E-state index in [4.69, 9.17) is 0 Å². The molecule has 1 amide bonds. The van der Waals surface area contributed by atoms with Crippen molar-refractivity contribution in [1.29, 1.82) is 0 Å². The van der Waals surface area contributed by atoms with Crippen molar-refractivity contribution in [3.63, 3.8) is 0 Å². The van der Waals surface area contributed by atoms with Crippen LogP contribution in [0.4, 0.5) is 0 Å². The lowest BCUT2D eigenvalue weighted by Crippen LogP contribution is -2.49. The van der Waals surface area contributed by atoms with Crippen molar-refractivity contribution in [3.8, 4) is 0 Å². The van der Waals surface area contributed by atoms with Gasteiger partial charge in [0, 0.05) is 12.6 Å². The van der Waals surface area contributed by atoms with Crippen LogP contribution in [-0.2, 0) is 4.79 Å². The molecule has 1 saturated heterocycles. The van der Waals surface area contributed by atoms with Gasteiger partial charge in [0.25, 0.3) is 0 Å². The van der Waals surface area contributed by atoms with E-state index in [1.807, 2.05) is 0 Å². The first kappa shape index (κ1) is 12.9. The van der Waals surface area contributed by atoms with E-state index in [0.29, 0.717) is 11.9 Å². The number of likely N-dealkylation sites (N-methyl/N-ethyl adjacent to an activating group) is 1. The van der Waals surface area contributed by atoms with Gasteiger partial charge in [0.15, 0.2) is 0 Å². The van der Waals surface area contributed by atoms with Crippen LogP contribution >= 0.6 is 0 Å². The predicted molar refractivity (Wildman–Crippen MR) is 69.9 cm³/mol. The van der Waals surface area contributed by atoms with Crippen molar-refractivity contribution < 1.29 is 4.79 Å². The monoisotopic (exact) mass is 238 g/mol. The second-order valence-corrected chi connectivity index (χ2v) is 5.42. The predicted octanol–water partition coefficient (Wildman–Crippen LogP) is 2.31. The maximum atomic E-state index is 12.5. The number of carbonyl (C=O) groups excluding carboxylic acids is 1. The molecule has 1 N–H and O–H groups in total. The highest BCUT2D eigenvalue weighted by Crippen LogP contribution is 2.24. The quantitative estimate of drug-likeness (QED) is 0.818. The largest absolute Gasteiger partial charge is 0.339 e. The lowest BCUT2D eigenvalue weighted by atomic mass is 10.1. The van der Waals surface area contributed by atoms with Crippen LogP contribution in [0.2, 0.25) is 0 Å². The van der Waals surface area contributed by atoms with Gasteiger partial charge in [-0.25, -0.2) is 0 Å². The van der Waals surface area contributed by atoms with Crippen molar-refractivity contribution in [2.24, 2.45) is 0 Å². The van der Waals surface area contributed by atoms with Crippen molar-refractivity contribution >= 4 is 5.91 Å². The maximum Gasteiger partial charge on any atom is 0.239 e. The summed E-state index contributed by atoms with van der Waals surface area (Å²) in [7, 11) is 0.